The minimum Gasteiger partial charge on any atom is -0.313 e. The Balaban J connectivity index is 1.93. The van der Waals surface area contributed by atoms with Crippen molar-refractivity contribution in [2.45, 2.75) is 38.1 Å². The van der Waals surface area contributed by atoms with Gasteiger partial charge < -0.3 is 5.32 Å². The molecule has 0 amide bonds. The molecule has 0 saturated heterocycles. The first-order valence-electron chi connectivity index (χ1n) is 7.65. The van der Waals surface area contributed by atoms with E-state index in [9.17, 15) is 0 Å². The van der Waals surface area contributed by atoms with Gasteiger partial charge >= 0.3 is 0 Å². The van der Waals surface area contributed by atoms with Gasteiger partial charge in [-0.25, -0.2) is 0 Å². The van der Waals surface area contributed by atoms with Crippen LogP contribution < -0.4 is 5.32 Å². The van der Waals surface area contributed by atoms with Gasteiger partial charge in [-0.2, -0.15) is 0 Å². The second-order valence-corrected chi connectivity index (χ2v) is 6.67. The zero-order chi connectivity index (χ0) is 15.1. The van der Waals surface area contributed by atoms with Crippen molar-refractivity contribution in [3.63, 3.8) is 0 Å². The van der Waals surface area contributed by atoms with Crippen LogP contribution in [0.4, 0.5) is 0 Å². The van der Waals surface area contributed by atoms with Crippen molar-refractivity contribution >= 4 is 11.8 Å². The third kappa shape index (κ3) is 5.56. The van der Waals surface area contributed by atoms with Gasteiger partial charge in [-0.15, -0.1) is 11.8 Å². The summed E-state index contributed by atoms with van der Waals surface area (Å²) in [4.78, 5) is 1.36. The first-order valence-corrected chi connectivity index (χ1v) is 8.64. The molecule has 1 N–H and O–H groups in total. The molecule has 0 aliphatic carbocycles. The lowest BCUT2D eigenvalue weighted by Gasteiger charge is -2.18. The lowest BCUT2D eigenvalue weighted by atomic mass is 10.1. The van der Waals surface area contributed by atoms with Crippen LogP contribution in [0.25, 0.3) is 0 Å². The van der Waals surface area contributed by atoms with Crippen LogP contribution in [0.2, 0.25) is 0 Å². The van der Waals surface area contributed by atoms with Crippen molar-refractivity contribution in [1.29, 1.82) is 0 Å². The Bertz CT molecular complexity index is 548. The Morgan fingerprint density at radius 2 is 1.76 bits per heavy atom. The van der Waals surface area contributed by atoms with E-state index < -0.39 is 0 Å². The van der Waals surface area contributed by atoms with Crippen LogP contribution in [-0.4, -0.2) is 18.3 Å². The summed E-state index contributed by atoms with van der Waals surface area (Å²) in [7, 11) is 0. The largest absolute Gasteiger partial charge is 0.313 e. The second-order valence-electron chi connectivity index (χ2n) is 5.57. The molecule has 21 heavy (non-hydrogen) atoms. The molecule has 0 aromatic heterocycles. The molecule has 0 heterocycles. The summed E-state index contributed by atoms with van der Waals surface area (Å²) in [6.07, 6.45) is 1.09. The van der Waals surface area contributed by atoms with Gasteiger partial charge in [0.05, 0.1) is 0 Å². The zero-order valence-corrected chi connectivity index (χ0v) is 14.0. The van der Waals surface area contributed by atoms with Crippen molar-refractivity contribution in [1.82, 2.24) is 5.32 Å². The number of hydrogen-bond acceptors (Lipinski definition) is 2. The predicted molar refractivity (Wildman–Crippen MR) is 94.3 cm³/mol. The first-order chi connectivity index (χ1) is 10.2. The average Bonchev–Trinajstić information content (AvgIpc) is 2.47. The SMILES string of the molecule is CCNC(CSc1cccc(C)c1)Cc1ccc(C)cc1. The van der Waals surface area contributed by atoms with Crippen molar-refractivity contribution < 1.29 is 0 Å². The minimum absolute atomic E-state index is 0.517. The first kappa shape index (κ1) is 16.1. The van der Waals surface area contributed by atoms with Crippen molar-refractivity contribution in [3.8, 4) is 0 Å². The molecule has 0 aliphatic rings. The van der Waals surface area contributed by atoms with Crippen LogP contribution in [0.1, 0.15) is 23.6 Å². The highest BCUT2D eigenvalue weighted by Crippen LogP contribution is 2.21. The third-order valence-corrected chi connectivity index (χ3v) is 4.69. The summed E-state index contributed by atoms with van der Waals surface area (Å²) in [5.74, 6) is 1.10. The van der Waals surface area contributed by atoms with Crippen LogP contribution in [0.3, 0.4) is 0 Å². The van der Waals surface area contributed by atoms with Crippen molar-refractivity contribution in [2.75, 3.05) is 12.3 Å². The van der Waals surface area contributed by atoms with Gasteiger partial charge in [-0.05, 0) is 44.5 Å². The molecule has 0 fully saturated rings. The standard InChI is InChI=1S/C19H25NS/c1-4-20-18(13-17-10-8-15(2)9-11-17)14-21-19-7-5-6-16(3)12-19/h5-12,18,20H,4,13-14H2,1-3H3. The van der Waals surface area contributed by atoms with Crippen LogP contribution in [0, 0.1) is 13.8 Å². The molecule has 0 radical (unpaired) electrons. The number of aryl methyl sites for hydroxylation is 2. The van der Waals surface area contributed by atoms with Crippen LogP contribution in [0.5, 0.6) is 0 Å². The van der Waals surface area contributed by atoms with Gasteiger partial charge in [0.1, 0.15) is 0 Å². The molecule has 0 aliphatic heterocycles. The van der Waals surface area contributed by atoms with Gasteiger partial charge in [0.25, 0.3) is 0 Å². The van der Waals surface area contributed by atoms with Crippen LogP contribution >= 0.6 is 11.8 Å². The molecule has 0 bridgehead atoms. The topological polar surface area (TPSA) is 12.0 Å². The minimum atomic E-state index is 0.517. The zero-order valence-electron chi connectivity index (χ0n) is 13.2. The maximum atomic E-state index is 3.61. The normalized spacial score (nSPS) is 12.3. The Labute approximate surface area is 133 Å². The summed E-state index contributed by atoms with van der Waals surface area (Å²) < 4.78 is 0. The van der Waals surface area contributed by atoms with Crippen molar-refractivity contribution in [3.05, 3.63) is 65.2 Å². The van der Waals surface area contributed by atoms with Gasteiger partial charge in [-0.3, -0.25) is 0 Å². The van der Waals surface area contributed by atoms with E-state index in [1.165, 1.54) is 21.6 Å². The molecule has 2 aromatic rings. The third-order valence-electron chi connectivity index (χ3n) is 3.54. The van der Waals surface area contributed by atoms with Crippen LogP contribution in [-0.2, 0) is 6.42 Å². The van der Waals surface area contributed by atoms with E-state index in [0.29, 0.717) is 6.04 Å². The highest BCUT2D eigenvalue weighted by molar-refractivity contribution is 7.99. The molecule has 0 saturated carbocycles. The van der Waals surface area contributed by atoms with E-state index in [4.69, 9.17) is 0 Å². The van der Waals surface area contributed by atoms with Gasteiger partial charge in [0.15, 0.2) is 0 Å². The Morgan fingerprint density at radius 3 is 2.43 bits per heavy atom. The Morgan fingerprint density at radius 1 is 1.00 bits per heavy atom. The molecule has 2 heteroatoms. The number of likely N-dealkylation sites (N-methyl/N-ethyl adjacent to an activating group) is 1. The van der Waals surface area contributed by atoms with Crippen LogP contribution in [0.15, 0.2) is 53.4 Å². The molecule has 0 spiro atoms. The fourth-order valence-corrected chi connectivity index (χ4v) is 3.46. The maximum Gasteiger partial charge on any atom is 0.0201 e. The van der Waals surface area contributed by atoms with E-state index >= 15 is 0 Å². The monoisotopic (exact) mass is 299 g/mol. The summed E-state index contributed by atoms with van der Waals surface area (Å²) in [6.45, 7) is 7.49. The summed E-state index contributed by atoms with van der Waals surface area (Å²) in [6, 6.07) is 18.2. The Hall–Kier alpha value is -1.25. The average molecular weight is 299 g/mol. The lowest BCUT2D eigenvalue weighted by Crippen LogP contribution is -2.33. The van der Waals surface area contributed by atoms with Gasteiger partial charge in [0, 0.05) is 16.7 Å². The van der Waals surface area contributed by atoms with E-state index in [-0.39, 0.29) is 0 Å². The highest BCUT2D eigenvalue weighted by atomic mass is 32.2. The Kier molecular flexibility index (Phi) is 6.34. The lowest BCUT2D eigenvalue weighted by molar-refractivity contribution is 0.572. The number of benzene rings is 2. The van der Waals surface area contributed by atoms with E-state index in [0.717, 1.165) is 18.7 Å². The van der Waals surface area contributed by atoms with Gasteiger partial charge in [0.2, 0.25) is 0 Å². The summed E-state index contributed by atoms with van der Waals surface area (Å²) >= 11 is 1.94. The van der Waals surface area contributed by atoms with E-state index in [1.54, 1.807) is 0 Å². The number of rotatable bonds is 7. The highest BCUT2D eigenvalue weighted by Gasteiger charge is 2.09. The van der Waals surface area contributed by atoms with Gasteiger partial charge in [-0.1, -0.05) is 54.4 Å². The molecule has 2 rings (SSSR count). The number of hydrogen-bond donors (Lipinski definition) is 1. The molecular formula is C19H25NS. The predicted octanol–water partition coefficient (Wildman–Crippen LogP) is 4.62. The molecular weight excluding hydrogens is 274 g/mol. The smallest absolute Gasteiger partial charge is 0.0201 e. The fraction of sp³-hybridized carbons (Fsp3) is 0.368. The molecule has 1 atom stereocenters. The maximum absolute atomic E-state index is 3.61. The molecule has 1 unspecified atom stereocenters. The quantitative estimate of drug-likeness (QED) is 0.749. The number of thioether (sulfide) groups is 1. The summed E-state index contributed by atoms with van der Waals surface area (Å²) in [5.41, 5.74) is 4.07. The molecule has 112 valence electrons. The van der Waals surface area contributed by atoms with Crippen molar-refractivity contribution in [2.24, 2.45) is 0 Å². The molecule has 1 nitrogen and oxygen atoms in total. The van der Waals surface area contributed by atoms with E-state index in [1.807, 2.05) is 11.8 Å². The van der Waals surface area contributed by atoms with E-state index in [2.05, 4.69) is 74.6 Å². The number of nitrogens with one attached hydrogen (secondary N) is 1. The second kappa shape index (κ2) is 8.26. The fourth-order valence-electron chi connectivity index (χ4n) is 2.39. The summed E-state index contributed by atoms with van der Waals surface area (Å²) in [5, 5.41) is 3.61. The molecule has 2 aromatic carbocycles.